The number of rotatable bonds is 5. The van der Waals surface area contributed by atoms with Crippen LogP contribution in [0, 0.1) is 12.8 Å². The molecule has 4 rings (SSSR count). The molecule has 0 spiro atoms. The van der Waals surface area contributed by atoms with Gasteiger partial charge in [0.05, 0.1) is 0 Å². The van der Waals surface area contributed by atoms with Gasteiger partial charge in [-0.1, -0.05) is 25.7 Å². The minimum absolute atomic E-state index is 0.0921. The highest BCUT2D eigenvalue weighted by molar-refractivity contribution is 5.91. The Labute approximate surface area is 142 Å². The first-order valence-corrected chi connectivity index (χ1v) is 9.36. The van der Waals surface area contributed by atoms with Crippen LogP contribution >= 0.6 is 0 Å². The van der Waals surface area contributed by atoms with Gasteiger partial charge in [0.15, 0.2) is 5.65 Å². The molecule has 0 saturated heterocycles. The fraction of sp³-hybridized carbons (Fsp3) is 0.632. The molecule has 5 nitrogen and oxygen atoms in total. The number of hydrogen-bond donors (Lipinski definition) is 1. The lowest BCUT2D eigenvalue weighted by Crippen LogP contribution is -2.22. The summed E-state index contributed by atoms with van der Waals surface area (Å²) in [7, 11) is 0. The summed E-state index contributed by atoms with van der Waals surface area (Å²) < 4.78 is 2.15. The molecule has 2 aromatic rings. The van der Waals surface area contributed by atoms with Crippen LogP contribution in [0.1, 0.15) is 69.5 Å². The Hall–Kier alpha value is -1.91. The van der Waals surface area contributed by atoms with Crippen molar-refractivity contribution in [1.82, 2.24) is 14.5 Å². The second kappa shape index (κ2) is 6.54. The quantitative estimate of drug-likeness (QED) is 0.887. The fourth-order valence-electron chi connectivity index (χ4n) is 3.97. The predicted molar refractivity (Wildman–Crippen MR) is 95.0 cm³/mol. The SMILES string of the molecule is Cc1ccc2nc(NC(=O)CCC3CCCC3)n(C3CCC3)c2n1. The molecule has 1 amide bonds. The maximum atomic E-state index is 12.4. The van der Waals surface area contributed by atoms with E-state index in [2.05, 4.69) is 19.9 Å². The highest BCUT2D eigenvalue weighted by Crippen LogP contribution is 2.36. The Morgan fingerprint density at radius 1 is 1.17 bits per heavy atom. The zero-order valence-electron chi connectivity index (χ0n) is 14.4. The average molecular weight is 326 g/mol. The van der Waals surface area contributed by atoms with Crippen LogP contribution in [-0.4, -0.2) is 20.4 Å². The molecule has 2 heterocycles. The number of carbonyl (C=O) groups excluding carboxylic acids is 1. The van der Waals surface area contributed by atoms with E-state index in [0.717, 1.165) is 42.0 Å². The van der Waals surface area contributed by atoms with Crippen molar-refractivity contribution >= 4 is 23.0 Å². The minimum atomic E-state index is 0.0921. The summed E-state index contributed by atoms with van der Waals surface area (Å²) in [6.45, 7) is 2.00. The third-order valence-corrected chi connectivity index (χ3v) is 5.62. The molecular formula is C19H26N4O. The molecule has 2 fully saturated rings. The lowest BCUT2D eigenvalue weighted by Gasteiger charge is -2.28. The van der Waals surface area contributed by atoms with E-state index >= 15 is 0 Å². The van der Waals surface area contributed by atoms with E-state index in [1.54, 1.807) is 0 Å². The summed E-state index contributed by atoms with van der Waals surface area (Å²) in [6, 6.07) is 4.40. The van der Waals surface area contributed by atoms with E-state index in [1.807, 2.05) is 19.1 Å². The van der Waals surface area contributed by atoms with Gasteiger partial charge in [-0.15, -0.1) is 0 Å². The Morgan fingerprint density at radius 2 is 1.96 bits per heavy atom. The van der Waals surface area contributed by atoms with Crippen LogP contribution in [-0.2, 0) is 4.79 Å². The normalized spacial score (nSPS) is 18.9. The number of anilines is 1. The molecule has 0 unspecified atom stereocenters. The van der Waals surface area contributed by atoms with Crippen LogP contribution in [0.15, 0.2) is 12.1 Å². The first kappa shape index (κ1) is 15.6. The Balaban J connectivity index is 1.53. The van der Waals surface area contributed by atoms with E-state index in [0.29, 0.717) is 18.4 Å². The molecule has 0 aliphatic heterocycles. The van der Waals surface area contributed by atoms with Gasteiger partial charge in [0, 0.05) is 18.2 Å². The second-order valence-electron chi connectivity index (χ2n) is 7.42. The highest BCUT2D eigenvalue weighted by atomic mass is 16.1. The summed E-state index contributed by atoms with van der Waals surface area (Å²) >= 11 is 0. The van der Waals surface area contributed by atoms with Gasteiger partial charge in [0.2, 0.25) is 11.9 Å². The number of fused-ring (bicyclic) bond motifs is 1. The zero-order valence-corrected chi connectivity index (χ0v) is 14.4. The number of pyridine rings is 1. The molecule has 0 radical (unpaired) electrons. The van der Waals surface area contributed by atoms with Crippen LogP contribution in [0.3, 0.4) is 0 Å². The van der Waals surface area contributed by atoms with Crippen molar-refractivity contribution in [2.45, 2.75) is 70.8 Å². The van der Waals surface area contributed by atoms with Crippen LogP contribution in [0.4, 0.5) is 5.95 Å². The van der Waals surface area contributed by atoms with Gasteiger partial charge >= 0.3 is 0 Å². The van der Waals surface area contributed by atoms with Crippen molar-refractivity contribution < 1.29 is 4.79 Å². The van der Waals surface area contributed by atoms with Gasteiger partial charge in [0.25, 0.3) is 0 Å². The molecule has 5 heteroatoms. The Morgan fingerprint density at radius 3 is 2.67 bits per heavy atom. The van der Waals surface area contributed by atoms with E-state index in [1.165, 1.54) is 32.1 Å². The Kier molecular flexibility index (Phi) is 4.25. The van der Waals surface area contributed by atoms with Crippen molar-refractivity contribution in [3.05, 3.63) is 17.8 Å². The van der Waals surface area contributed by atoms with Crippen LogP contribution < -0.4 is 5.32 Å². The second-order valence-corrected chi connectivity index (χ2v) is 7.42. The van der Waals surface area contributed by atoms with Crippen LogP contribution in [0.2, 0.25) is 0 Å². The maximum absolute atomic E-state index is 12.4. The topological polar surface area (TPSA) is 59.8 Å². The number of carbonyl (C=O) groups is 1. The van der Waals surface area contributed by atoms with E-state index in [9.17, 15) is 4.79 Å². The molecule has 0 bridgehead atoms. The number of nitrogens with one attached hydrogen (secondary N) is 1. The summed E-state index contributed by atoms with van der Waals surface area (Å²) in [5.74, 6) is 1.52. The summed E-state index contributed by atoms with van der Waals surface area (Å²) in [5.41, 5.74) is 2.77. The molecule has 2 saturated carbocycles. The molecule has 0 aromatic carbocycles. The van der Waals surface area contributed by atoms with Gasteiger partial charge < -0.3 is 0 Å². The molecule has 2 aliphatic carbocycles. The van der Waals surface area contributed by atoms with Crippen LogP contribution in [0.25, 0.3) is 11.2 Å². The molecule has 2 aliphatic rings. The molecule has 24 heavy (non-hydrogen) atoms. The van der Waals surface area contributed by atoms with E-state index in [4.69, 9.17) is 0 Å². The van der Waals surface area contributed by atoms with Crippen molar-refractivity contribution in [3.63, 3.8) is 0 Å². The number of hydrogen-bond acceptors (Lipinski definition) is 3. The molecule has 1 N–H and O–H groups in total. The van der Waals surface area contributed by atoms with Crippen molar-refractivity contribution in [3.8, 4) is 0 Å². The molecule has 2 aromatic heterocycles. The van der Waals surface area contributed by atoms with Gasteiger partial charge in [-0.2, -0.15) is 0 Å². The Bertz CT molecular complexity index is 741. The third kappa shape index (κ3) is 3.04. The number of imidazole rings is 1. The van der Waals surface area contributed by atoms with Gasteiger partial charge in [-0.3, -0.25) is 14.7 Å². The van der Waals surface area contributed by atoms with Crippen molar-refractivity contribution in [1.29, 1.82) is 0 Å². The summed E-state index contributed by atoms with van der Waals surface area (Å²) in [6.07, 6.45) is 10.4. The number of nitrogens with zero attached hydrogens (tertiary/aromatic N) is 3. The first-order valence-electron chi connectivity index (χ1n) is 9.36. The smallest absolute Gasteiger partial charge is 0.226 e. The number of aromatic nitrogens is 3. The molecule has 0 atom stereocenters. The standard InChI is InChI=1S/C19H26N4O/c1-13-9-11-16-18(20-13)23(15-7-4-8-15)19(21-16)22-17(24)12-10-14-5-2-3-6-14/h9,11,14-15H,2-8,10,12H2,1H3,(H,21,22,24). The maximum Gasteiger partial charge on any atom is 0.226 e. The molecular weight excluding hydrogens is 300 g/mol. The lowest BCUT2D eigenvalue weighted by atomic mass is 9.93. The monoisotopic (exact) mass is 326 g/mol. The van der Waals surface area contributed by atoms with Crippen LogP contribution in [0.5, 0.6) is 0 Å². The van der Waals surface area contributed by atoms with Crippen molar-refractivity contribution in [2.24, 2.45) is 5.92 Å². The predicted octanol–water partition coefficient (Wildman–Crippen LogP) is 4.37. The number of aryl methyl sites for hydroxylation is 1. The third-order valence-electron chi connectivity index (χ3n) is 5.62. The fourth-order valence-corrected chi connectivity index (χ4v) is 3.97. The summed E-state index contributed by atoms with van der Waals surface area (Å²) in [4.78, 5) is 21.7. The largest absolute Gasteiger partial charge is 0.296 e. The average Bonchev–Trinajstić information content (AvgIpc) is 3.13. The number of amides is 1. The first-order chi connectivity index (χ1) is 11.7. The van der Waals surface area contributed by atoms with E-state index in [-0.39, 0.29) is 5.91 Å². The van der Waals surface area contributed by atoms with Gasteiger partial charge in [-0.25, -0.2) is 9.97 Å². The summed E-state index contributed by atoms with van der Waals surface area (Å²) in [5, 5.41) is 3.07. The minimum Gasteiger partial charge on any atom is -0.296 e. The zero-order chi connectivity index (χ0) is 16.5. The van der Waals surface area contributed by atoms with Gasteiger partial charge in [0.1, 0.15) is 5.52 Å². The lowest BCUT2D eigenvalue weighted by molar-refractivity contribution is -0.116. The van der Waals surface area contributed by atoms with Crippen molar-refractivity contribution in [2.75, 3.05) is 5.32 Å². The van der Waals surface area contributed by atoms with Gasteiger partial charge in [-0.05, 0) is 50.7 Å². The highest BCUT2D eigenvalue weighted by Gasteiger charge is 2.26. The molecule has 128 valence electrons. The van der Waals surface area contributed by atoms with E-state index < -0.39 is 0 Å².